The molecule has 2 aromatic carbocycles. The number of aryl methyl sites for hydroxylation is 1. The van der Waals surface area contributed by atoms with Gasteiger partial charge in [-0.1, -0.05) is 23.7 Å². The van der Waals surface area contributed by atoms with Crippen LogP contribution in [-0.2, 0) is 31.3 Å². The molecule has 0 bridgehead atoms. The highest BCUT2D eigenvalue weighted by atomic mass is 35.5. The van der Waals surface area contributed by atoms with Gasteiger partial charge in [0.1, 0.15) is 23.6 Å². The number of quaternary nitrogens is 1. The zero-order chi connectivity index (χ0) is 25.1. The Morgan fingerprint density at radius 2 is 1.91 bits per heavy atom. The molecule has 3 amide bonds. The van der Waals surface area contributed by atoms with Gasteiger partial charge in [0.2, 0.25) is 17.4 Å². The summed E-state index contributed by atoms with van der Waals surface area (Å²) >= 11 is 6.33. The number of imide groups is 1. The van der Waals surface area contributed by atoms with Crippen molar-refractivity contribution in [1.82, 2.24) is 4.90 Å². The van der Waals surface area contributed by atoms with Crippen molar-refractivity contribution in [3.8, 4) is 5.75 Å². The molecule has 2 saturated heterocycles. The molecule has 35 heavy (non-hydrogen) atoms. The number of nitrogens with zero attached hydrogens (tertiary/aromatic N) is 1. The average molecular weight is 498 g/mol. The smallest absolute Gasteiger partial charge is 0.291 e. The second kappa shape index (κ2) is 8.35. The van der Waals surface area contributed by atoms with Crippen LogP contribution in [0.15, 0.2) is 36.4 Å². The molecular weight excluding hydrogens is 474 g/mol. The number of halogens is 1. The summed E-state index contributed by atoms with van der Waals surface area (Å²) in [7, 11) is 1.55. The Bertz CT molecular complexity index is 1260. The standard InChI is InChI=1S/C25H24ClN3O6/c1-12-9-14(26)10-16-21(12)27-24(34)25(16)20-19(17(28-25)7-8-18(30)31)22(32)29(23(20)33)11-13-3-5-15(35-2)6-4-13/h3-6,9-10,17,19-20,28H,7-8,11H2,1-2H3,(H,27,34)(H,30,31)/t17-,19+,20-,25-/m0/s1. The Morgan fingerprint density at radius 3 is 2.57 bits per heavy atom. The van der Waals surface area contributed by atoms with Crippen LogP contribution in [-0.4, -0.2) is 41.7 Å². The lowest BCUT2D eigenvalue weighted by Crippen LogP contribution is -2.99. The summed E-state index contributed by atoms with van der Waals surface area (Å²) in [5.41, 5.74) is 1.18. The Labute approximate surface area is 206 Å². The molecule has 3 aliphatic heterocycles. The summed E-state index contributed by atoms with van der Waals surface area (Å²) in [6.07, 6.45) is -0.202. The van der Waals surface area contributed by atoms with Crippen LogP contribution in [0.3, 0.4) is 0 Å². The topological polar surface area (TPSA) is 132 Å². The van der Waals surface area contributed by atoms with Crippen LogP contribution in [0.25, 0.3) is 0 Å². The van der Waals surface area contributed by atoms with Crippen LogP contribution in [0.1, 0.15) is 29.5 Å². The highest BCUT2D eigenvalue weighted by Crippen LogP contribution is 2.51. The van der Waals surface area contributed by atoms with Crippen molar-refractivity contribution in [2.75, 3.05) is 12.4 Å². The molecule has 9 nitrogen and oxygen atoms in total. The van der Waals surface area contributed by atoms with E-state index in [9.17, 15) is 24.3 Å². The summed E-state index contributed by atoms with van der Waals surface area (Å²) in [4.78, 5) is 53.4. The second-order valence-corrected chi connectivity index (χ2v) is 9.76. The first-order chi connectivity index (χ1) is 16.7. The molecule has 3 heterocycles. The Hall–Kier alpha value is -3.43. The number of carbonyl (C=O) groups excluding carboxylic acids is 4. The van der Waals surface area contributed by atoms with E-state index in [1.54, 1.807) is 48.8 Å². The first kappa shape index (κ1) is 23.3. The van der Waals surface area contributed by atoms with Gasteiger partial charge >= 0.3 is 0 Å². The van der Waals surface area contributed by atoms with E-state index < -0.39 is 47.1 Å². The minimum absolute atomic E-state index is 0.0427. The van der Waals surface area contributed by atoms with E-state index in [0.717, 1.165) is 11.1 Å². The summed E-state index contributed by atoms with van der Waals surface area (Å²) in [6, 6.07) is 9.80. The van der Waals surface area contributed by atoms with Crippen LogP contribution in [0.2, 0.25) is 5.02 Å². The molecule has 0 radical (unpaired) electrons. The first-order valence-corrected chi connectivity index (χ1v) is 11.7. The van der Waals surface area contributed by atoms with E-state index in [0.29, 0.717) is 22.0 Å². The van der Waals surface area contributed by atoms with Crippen molar-refractivity contribution in [2.24, 2.45) is 11.8 Å². The number of carboxylic acids is 1. The molecule has 2 aromatic rings. The fourth-order valence-corrected chi connectivity index (χ4v) is 6.14. The van der Waals surface area contributed by atoms with Gasteiger partial charge in [-0.3, -0.25) is 19.3 Å². The molecule has 10 heteroatoms. The third kappa shape index (κ3) is 3.49. The monoisotopic (exact) mass is 497 g/mol. The predicted molar refractivity (Wildman–Crippen MR) is 122 cm³/mol. The maximum Gasteiger partial charge on any atom is 0.291 e. The molecule has 5 rings (SSSR count). The maximum atomic E-state index is 13.8. The SMILES string of the molecule is COc1ccc(CN2C(=O)[C@@H]3[C@H](CCC(=O)[O-])[NH2+][C@]4(C(=O)Nc5c(C)cc(Cl)cc54)[C@@H]3C2=O)cc1. The van der Waals surface area contributed by atoms with Crippen molar-refractivity contribution < 1.29 is 34.3 Å². The van der Waals surface area contributed by atoms with Crippen LogP contribution in [0, 0.1) is 18.8 Å². The minimum Gasteiger partial charge on any atom is -0.550 e. The lowest BCUT2D eigenvalue weighted by Gasteiger charge is -2.26. The van der Waals surface area contributed by atoms with Gasteiger partial charge in [0.05, 0.1) is 19.3 Å². The number of benzene rings is 2. The number of hydrogen-bond acceptors (Lipinski definition) is 6. The molecule has 0 unspecified atom stereocenters. The van der Waals surface area contributed by atoms with Gasteiger partial charge in [0, 0.05) is 23.0 Å². The number of methoxy groups -OCH3 is 1. The number of fused-ring (bicyclic) bond motifs is 4. The molecular formula is C25H24ClN3O6. The summed E-state index contributed by atoms with van der Waals surface area (Å²) < 4.78 is 5.17. The van der Waals surface area contributed by atoms with Crippen LogP contribution >= 0.6 is 11.6 Å². The molecule has 0 aliphatic carbocycles. The van der Waals surface area contributed by atoms with E-state index in [1.807, 2.05) is 6.92 Å². The highest BCUT2D eigenvalue weighted by Gasteiger charge is 2.74. The first-order valence-electron chi connectivity index (χ1n) is 11.3. The number of aliphatic carboxylic acids is 1. The van der Waals surface area contributed by atoms with Crippen LogP contribution in [0.4, 0.5) is 5.69 Å². The van der Waals surface area contributed by atoms with E-state index in [-0.39, 0.29) is 19.4 Å². The summed E-state index contributed by atoms with van der Waals surface area (Å²) in [5.74, 6) is -3.72. The average Bonchev–Trinajstić information content (AvgIpc) is 3.39. The van der Waals surface area contributed by atoms with E-state index in [4.69, 9.17) is 16.3 Å². The zero-order valence-electron chi connectivity index (χ0n) is 19.2. The van der Waals surface area contributed by atoms with Gasteiger partial charge < -0.3 is 25.3 Å². The second-order valence-electron chi connectivity index (χ2n) is 9.32. The number of carboxylic acid groups (broad SMARTS) is 1. The Kier molecular flexibility index (Phi) is 5.56. The number of nitrogens with one attached hydrogen (secondary N) is 1. The Balaban J connectivity index is 1.58. The highest BCUT2D eigenvalue weighted by molar-refractivity contribution is 6.31. The number of amides is 3. The number of ether oxygens (including phenoxy) is 1. The van der Waals surface area contributed by atoms with Gasteiger partial charge in [0.15, 0.2) is 0 Å². The summed E-state index contributed by atoms with van der Waals surface area (Å²) in [6.45, 7) is 1.85. The van der Waals surface area contributed by atoms with E-state index >= 15 is 0 Å². The molecule has 3 aliphatic rings. The van der Waals surface area contributed by atoms with Crippen LogP contribution in [0.5, 0.6) is 5.75 Å². The molecule has 3 N–H and O–H groups in total. The van der Waals surface area contributed by atoms with Gasteiger partial charge in [-0.25, -0.2) is 0 Å². The number of nitrogens with two attached hydrogens (primary N) is 1. The molecule has 2 fully saturated rings. The van der Waals surface area contributed by atoms with Gasteiger partial charge in [-0.2, -0.15) is 0 Å². The minimum atomic E-state index is -1.41. The molecule has 0 saturated carbocycles. The normalized spacial score (nSPS) is 26.8. The number of rotatable bonds is 6. The van der Waals surface area contributed by atoms with Crippen molar-refractivity contribution in [1.29, 1.82) is 0 Å². The van der Waals surface area contributed by atoms with Gasteiger partial charge in [0.25, 0.3) is 5.91 Å². The van der Waals surface area contributed by atoms with E-state index in [2.05, 4.69) is 5.32 Å². The van der Waals surface area contributed by atoms with E-state index in [1.165, 1.54) is 4.90 Å². The molecule has 0 aromatic heterocycles. The zero-order valence-corrected chi connectivity index (χ0v) is 19.9. The fraction of sp³-hybridized carbons (Fsp3) is 0.360. The fourth-order valence-electron chi connectivity index (χ4n) is 5.87. The maximum absolute atomic E-state index is 13.8. The molecule has 4 atom stereocenters. The lowest BCUT2D eigenvalue weighted by atomic mass is 9.76. The van der Waals surface area contributed by atoms with Crippen molar-refractivity contribution >= 4 is 41.0 Å². The third-order valence-corrected chi connectivity index (χ3v) is 7.63. The van der Waals surface area contributed by atoms with Crippen molar-refractivity contribution in [2.45, 2.75) is 37.9 Å². The number of carbonyl (C=O) groups is 4. The lowest BCUT2D eigenvalue weighted by molar-refractivity contribution is -0.734. The molecule has 182 valence electrons. The van der Waals surface area contributed by atoms with Crippen molar-refractivity contribution in [3.05, 3.63) is 58.1 Å². The Morgan fingerprint density at radius 1 is 1.20 bits per heavy atom. The third-order valence-electron chi connectivity index (χ3n) is 7.41. The van der Waals surface area contributed by atoms with Gasteiger partial charge in [-0.15, -0.1) is 0 Å². The van der Waals surface area contributed by atoms with Gasteiger partial charge in [-0.05, 0) is 48.7 Å². The molecule has 1 spiro atoms. The predicted octanol–water partition coefficient (Wildman–Crippen LogP) is 0.0815. The number of hydrogen-bond donors (Lipinski definition) is 2. The number of likely N-dealkylation sites (tertiary alicyclic amines) is 1. The summed E-state index contributed by atoms with van der Waals surface area (Å²) in [5, 5.41) is 16.2. The van der Waals surface area contributed by atoms with Crippen molar-refractivity contribution in [3.63, 3.8) is 0 Å². The quantitative estimate of drug-likeness (QED) is 0.543. The van der Waals surface area contributed by atoms with Crippen LogP contribution < -0.4 is 20.5 Å². The number of anilines is 1. The largest absolute Gasteiger partial charge is 0.550 e.